The lowest BCUT2D eigenvalue weighted by molar-refractivity contribution is 0.0644. The number of ether oxygens (including phenoxy) is 1. The van der Waals surface area contributed by atoms with E-state index in [4.69, 9.17) is 4.74 Å². The van der Waals surface area contributed by atoms with Crippen LogP contribution in [0.3, 0.4) is 0 Å². The van der Waals surface area contributed by atoms with Crippen LogP contribution in [-0.4, -0.2) is 23.0 Å². The molecule has 0 unspecified atom stereocenters. The lowest BCUT2D eigenvalue weighted by atomic mass is 10.0. The Balaban J connectivity index is 2.03. The van der Waals surface area contributed by atoms with Gasteiger partial charge < -0.3 is 4.74 Å². The van der Waals surface area contributed by atoms with Crippen LogP contribution in [0.15, 0.2) is 10.9 Å². The molecule has 19 heavy (non-hydrogen) atoms. The molecule has 2 fully saturated rings. The molecule has 2 aliphatic rings. The summed E-state index contributed by atoms with van der Waals surface area (Å²) in [4.78, 5) is 12.6. The minimum Gasteiger partial charge on any atom is -0.381 e. The lowest BCUT2D eigenvalue weighted by Gasteiger charge is -2.24. The number of hydrogen-bond acceptors (Lipinski definition) is 3. The van der Waals surface area contributed by atoms with Crippen LogP contribution >= 0.6 is 0 Å². The maximum Gasteiger partial charge on any atom is 0.270 e. The zero-order valence-electron chi connectivity index (χ0n) is 11.8. The summed E-state index contributed by atoms with van der Waals surface area (Å²) in [5, 5.41) is 4.61. The van der Waals surface area contributed by atoms with Crippen molar-refractivity contribution in [3.63, 3.8) is 0 Å². The van der Waals surface area contributed by atoms with Crippen LogP contribution < -0.4 is 5.56 Å². The zero-order valence-corrected chi connectivity index (χ0v) is 11.8. The summed E-state index contributed by atoms with van der Waals surface area (Å²) < 4.78 is 7.14. The van der Waals surface area contributed by atoms with Crippen molar-refractivity contribution in [3.8, 4) is 0 Å². The maximum absolute atomic E-state index is 12.6. The van der Waals surface area contributed by atoms with E-state index in [1.807, 2.05) is 6.07 Å². The first-order valence-electron chi connectivity index (χ1n) is 7.38. The average molecular weight is 262 g/mol. The van der Waals surface area contributed by atoms with Crippen LogP contribution in [0.1, 0.15) is 68.7 Å². The molecule has 1 aromatic rings. The topological polar surface area (TPSA) is 44.1 Å². The van der Waals surface area contributed by atoms with Crippen molar-refractivity contribution >= 4 is 0 Å². The Labute approximate surface area is 113 Å². The number of nitrogens with zero attached hydrogens (tertiary/aromatic N) is 2. The molecule has 0 radical (unpaired) electrons. The predicted octanol–water partition coefficient (Wildman–Crippen LogP) is 2.60. The monoisotopic (exact) mass is 262 g/mol. The standard InChI is InChI=1S/C15H22N2O2/c1-10(2)14-9-13(11-3-4-11)15(18)17(16-14)12-5-7-19-8-6-12/h9-12H,3-8H2,1-2H3. The summed E-state index contributed by atoms with van der Waals surface area (Å²) >= 11 is 0. The second-order valence-electron chi connectivity index (χ2n) is 6.05. The number of hydrogen-bond donors (Lipinski definition) is 0. The van der Waals surface area contributed by atoms with Crippen molar-refractivity contribution in [2.24, 2.45) is 0 Å². The van der Waals surface area contributed by atoms with E-state index in [1.54, 1.807) is 4.68 Å². The fourth-order valence-electron chi connectivity index (χ4n) is 2.70. The Morgan fingerprint density at radius 3 is 2.53 bits per heavy atom. The highest BCUT2D eigenvalue weighted by molar-refractivity contribution is 5.24. The van der Waals surface area contributed by atoms with Gasteiger partial charge in [-0.3, -0.25) is 4.79 Å². The SMILES string of the molecule is CC(C)c1cc(C2CC2)c(=O)n(C2CCOCC2)n1. The largest absolute Gasteiger partial charge is 0.381 e. The third-order valence-electron chi connectivity index (χ3n) is 4.13. The van der Waals surface area contributed by atoms with Gasteiger partial charge in [-0.1, -0.05) is 13.8 Å². The van der Waals surface area contributed by atoms with Crippen LogP contribution in [0.25, 0.3) is 0 Å². The van der Waals surface area contributed by atoms with E-state index in [-0.39, 0.29) is 11.6 Å². The van der Waals surface area contributed by atoms with Crippen LogP contribution in [0.4, 0.5) is 0 Å². The highest BCUT2D eigenvalue weighted by atomic mass is 16.5. The molecule has 104 valence electrons. The molecular weight excluding hydrogens is 240 g/mol. The van der Waals surface area contributed by atoms with Crippen LogP contribution in [0.2, 0.25) is 0 Å². The summed E-state index contributed by atoms with van der Waals surface area (Å²) in [5.41, 5.74) is 2.18. The molecule has 0 amide bonds. The smallest absolute Gasteiger partial charge is 0.270 e. The molecule has 1 saturated heterocycles. The van der Waals surface area contributed by atoms with Crippen LogP contribution in [0.5, 0.6) is 0 Å². The Kier molecular flexibility index (Phi) is 3.44. The van der Waals surface area contributed by atoms with E-state index < -0.39 is 0 Å². The van der Waals surface area contributed by atoms with Crippen molar-refractivity contribution in [2.75, 3.05) is 13.2 Å². The normalized spacial score (nSPS) is 21.0. The Hall–Kier alpha value is -1.16. The molecule has 4 nitrogen and oxygen atoms in total. The van der Waals surface area contributed by atoms with Crippen molar-refractivity contribution in [1.82, 2.24) is 9.78 Å². The summed E-state index contributed by atoms with van der Waals surface area (Å²) in [6.45, 7) is 5.75. The van der Waals surface area contributed by atoms with E-state index in [0.717, 1.165) is 50.2 Å². The van der Waals surface area contributed by atoms with Crippen molar-refractivity contribution < 1.29 is 4.74 Å². The van der Waals surface area contributed by atoms with E-state index in [9.17, 15) is 4.79 Å². The van der Waals surface area contributed by atoms with Gasteiger partial charge in [0.05, 0.1) is 11.7 Å². The van der Waals surface area contributed by atoms with Gasteiger partial charge in [0, 0.05) is 18.8 Å². The van der Waals surface area contributed by atoms with E-state index in [0.29, 0.717) is 11.8 Å². The summed E-state index contributed by atoms with van der Waals surface area (Å²) in [6.07, 6.45) is 4.12. The van der Waals surface area contributed by atoms with Crippen LogP contribution in [0, 0.1) is 0 Å². The van der Waals surface area contributed by atoms with Gasteiger partial charge in [-0.2, -0.15) is 5.10 Å². The first kappa shape index (κ1) is 12.9. The molecule has 0 aromatic carbocycles. The third-order valence-corrected chi connectivity index (χ3v) is 4.13. The number of aromatic nitrogens is 2. The second-order valence-corrected chi connectivity index (χ2v) is 6.05. The molecule has 0 atom stereocenters. The molecule has 1 aliphatic heterocycles. The second kappa shape index (κ2) is 5.08. The van der Waals surface area contributed by atoms with Gasteiger partial charge in [0.2, 0.25) is 0 Å². The highest BCUT2D eigenvalue weighted by Crippen LogP contribution is 2.39. The molecule has 1 aromatic heterocycles. The molecule has 1 saturated carbocycles. The molecule has 1 aliphatic carbocycles. The molecular formula is C15H22N2O2. The average Bonchev–Trinajstić information content (AvgIpc) is 3.24. The highest BCUT2D eigenvalue weighted by Gasteiger charge is 2.29. The zero-order chi connectivity index (χ0) is 13.4. The summed E-state index contributed by atoms with van der Waals surface area (Å²) in [7, 11) is 0. The van der Waals surface area contributed by atoms with Gasteiger partial charge in [-0.15, -0.1) is 0 Å². The van der Waals surface area contributed by atoms with Gasteiger partial charge in [-0.05, 0) is 43.6 Å². The van der Waals surface area contributed by atoms with Gasteiger partial charge >= 0.3 is 0 Å². The van der Waals surface area contributed by atoms with Gasteiger partial charge in [0.15, 0.2) is 0 Å². The van der Waals surface area contributed by atoms with E-state index >= 15 is 0 Å². The van der Waals surface area contributed by atoms with Crippen molar-refractivity contribution in [1.29, 1.82) is 0 Å². The molecule has 2 heterocycles. The molecule has 0 N–H and O–H groups in total. The van der Waals surface area contributed by atoms with E-state index in [1.165, 1.54) is 0 Å². The molecule has 0 bridgehead atoms. The minimum atomic E-state index is 0.138. The lowest BCUT2D eigenvalue weighted by Crippen LogP contribution is -2.33. The Bertz CT molecular complexity index is 511. The third kappa shape index (κ3) is 2.59. The number of rotatable bonds is 3. The van der Waals surface area contributed by atoms with Crippen LogP contribution in [-0.2, 0) is 4.74 Å². The predicted molar refractivity (Wildman–Crippen MR) is 73.7 cm³/mol. The fourth-order valence-corrected chi connectivity index (χ4v) is 2.70. The minimum absolute atomic E-state index is 0.138. The maximum atomic E-state index is 12.6. The Morgan fingerprint density at radius 1 is 1.26 bits per heavy atom. The summed E-state index contributed by atoms with van der Waals surface area (Å²) in [6, 6.07) is 2.26. The first-order valence-corrected chi connectivity index (χ1v) is 7.38. The Morgan fingerprint density at radius 2 is 1.95 bits per heavy atom. The molecule has 0 spiro atoms. The fraction of sp³-hybridized carbons (Fsp3) is 0.733. The van der Waals surface area contributed by atoms with Crippen molar-refractivity contribution in [3.05, 3.63) is 27.7 Å². The summed E-state index contributed by atoms with van der Waals surface area (Å²) in [5.74, 6) is 0.850. The first-order chi connectivity index (χ1) is 9.16. The quantitative estimate of drug-likeness (QED) is 0.841. The van der Waals surface area contributed by atoms with Gasteiger partial charge in [0.1, 0.15) is 0 Å². The van der Waals surface area contributed by atoms with Gasteiger partial charge in [0.25, 0.3) is 5.56 Å². The van der Waals surface area contributed by atoms with E-state index in [2.05, 4.69) is 18.9 Å². The molecule has 4 heteroatoms. The van der Waals surface area contributed by atoms with Crippen molar-refractivity contribution in [2.45, 2.75) is 57.4 Å². The molecule has 3 rings (SSSR count). The van der Waals surface area contributed by atoms with Gasteiger partial charge in [-0.25, -0.2) is 4.68 Å².